The van der Waals surface area contributed by atoms with Gasteiger partial charge in [0.2, 0.25) is 0 Å². The maximum absolute atomic E-state index is 5.50. The number of nitrogens with zero attached hydrogens (tertiary/aromatic N) is 2. The molecular weight excluding hydrogens is 230 g/mol. The minimum absolute atomic E-state index is 0.559. The number of amidine groups is 1. The van der Waals surface area contributed by atoms with Crippen LogP contribution in [0.4, 0.5) is 5.69 Å². The molecule has 0 aliphatic heterocycles. The molecule has 5 heteroatoms. The highest BCUT2D eigenvalue weighted by atomic mass is 35.5. The molecule has 0 amide bonds. The van der Waals surface area contributed by atoms with Crippen molar-refractivity contribution in [2.75, 3.05) is 5.32 Å². The SMILES string of the molecule is Cl/N=C(/Nc1ccccc1)c1cscn1. The summed E-state index contributed by atoms with van der Waals surface area (Å²) in [6.07, 6.45) is 0. The maximum Gasteiger partial charge on any atom is 0.171 e. The van der Waals surface area contributed by atoms with Gasteiger partial charge in [-0.1, -0.05) is 18.2 Å². The van der Waals surface area contributed by atoms with E-state index in [1.165, 1.54) is 11.3 Å². The molecule has 0 atom stereocenters. The van der Waals surface area contributed by atoms with Crippen LogP contribution in [0.2, 0.25) is 0 Å². The number of aromatic nitrogens is 1. The monoisotopic (exact) mass is 237 g/mol. The van der Waals surface area contributed by atoms with Gasteiger partial charge < -0.3 is 5.32 Å². The lowest BCUT2D eigenvalue weighted by atomic mass is 10.3. The third-order valence-corrected chi connectivity index (χ3v) is 2.55. The van der Waals surface area contributed by atoms with Crippen molar-refractivity contribution in [3.05, 3.63) is 46.9 Å². The van der Waals surface area contributed by atoms with Gasteiger partial charge in [-0.25, -0.2) is 4.98 Å². The molecule has 0 spiro atoms. The highest BCUT2D eigenvalue weighted by Gasteiger charge is 2.05. The van der Waals surface area contributed by atoms with Gasteiger partial charge in [0.15, 0.2) is 5.84 Å². The molecule has 0 saturated heterocycles. The van der Waals surface area contributed by atoms with Gasteiger partial charge in [-0.3, -0.25) is 0 Å². The second-order valence-electron chi connectivity index (χ2n) is 2.80. The molecule has 0 unspecified atom stereocenters. The number of anilines is 1. The predicted molar refractivity (Wildman–Crippen MR) is 64.6 cm³/mol. The number of rotatable bonds is 2. The van der Waals surface area contributed by atoms with Crippen molar-refractivity contribution in [1.82, 2.24) is 4.98 Å². The van der Waals surface area contributed by atoms with Crippen LogP contribution < -0.4 is 5.32 Å². The molecule has 15 heavy (non-hydrogen) atoms. The second kappa shape index (κ2) is 4.91. The molecule has 0 saturated carbocycles. The number of hydrogen-bond donors (Lipinski definition) is 1. The Balaban J connectivity index is 2.18. The number of hydrogen-bond acceptors (Lipinski definition) is 3. The maximum atomic E-state index is 5.50. The van der Waals surface area contributed by atoms with Crippen molar-refractivity contribution < 1.29 is 0 Å². The Kier molecular flexibility index (Phi) is 3.32. The van der Waals surface area contributed by atoms with Gasteiger partial charge in [0, 0.05) is 22.8 Å². The van der Waals surface area contributed by atoms with Gasteiger partial charge in [-0.2, -0.15) is 4.51 Å². The molecule has 1 heterocycles. The van der Waals surface area contributed by atoms with E-state index in [2.05, 4.69) is 14.8 Å². The summed E-state index contributed by atoms with van der Waals surface area (Å²) in [5.74, 6) is 0.559. The van der Waals surface area contributed by atoms with E-state index in [0.29, 0.717) is 5.84 Å². The molecular formula is C10H8ClN3S. The van der Waals surface area contributed by atoms with Crippen molar-refractivity contribution in [1.29, 1.82) is 0 Å². The fourth-order valence-corrected chi connectivity index (χ4v) is 1.78. The van der Waals surface area contributed by atoms with Crippen molar-refractivity contribution >= 4 is 34.6 Å². The molecule has 0 radical (unpaired) electrons. The van der Waals surface area contributed by atoms with Crippen LogP contribution >= 0.6 is 23.1 Å². The lowest BCUT2D eigenvalue weighted by Crippen LogP contribution is -2.12. The average molecular weight is 238 g/mol. The van der Waals surface area contributed by atoms with Crippen LogP contribution in [0, 0.1) is 0 Å². The van der Waals surface area contributed by atoms with Crippen molar-refractivity contribution in [2.45, 2.75) is 0 Å². The van der Waals surface area contributed by atoms with Crippen LogP contribution in [0.5, 0.6) is 0 Å². The lowest BCUT2D eigenvalue weighted by Gasteiger charge is -2.05. The number of halogens is 1. The molecule has 0 aliphatic carbocycles. The smallest absolute Gasteiger partial charge is 0.171 e. The number of benzene rings is 1. The second-order valence-corrected chi connectivity index (χ2v) is 3.69. The van der Waals surface area contributed by atoms with E-state index in [0.717, 1.165) is 11.4 Å². The quantitative estimate of drug-likeness (QED) is 0.644. The molecule has 0 aliphatic rings. The molecule has 0 fully saturated rings. The minimum atomic E-state index is 0.559. The fraction of sp³-hybridized carbons (Fsp3) is 0. The Hall–Kier alpha value is -1.39. The molecule has 2 rings (SSSR count). The Morgan fingerprint density at radius 1 is 1.33 bits per heavy atom. The standard InChI is InChI=1S/C10H8ClN3S/c11-14-10(9-6-15-7-12-9)13-8-4-2-1-3-5-8/h1-7H,(H,13,14). The summed E-state index contributed by atoms with van der Waals surface area (Å²) < 4.78 is 3.65. The van der Waals surface area contributed by atoms with E-state index in [9.17, 15) is 0 Å². The molecule has 2 aromatic rings. The van der Waals surface area contributed by atoms with Crippen LogP contribution in [0.1, 0.15) is 5.69 Å². The first-order valence-electron chi connectivity index (χ1n) is 4.30. The predicted octanol–water partition coefficient (Wildman–Crippen LogP) is 3.16. The zero-order valence-corrected chi connectivity index (χ0v) is 9.29. The highest BCUT2D eigenvalue weighted by Crippen LogP contribution is 2.10. The van der Waals surface area contributed by atoms with Gasteiger partial charge >= 0.3 is 0 Å². The summed E-state index contributed by atoms with van der Waals surface area (Å²) >= 11 is 7.00. The Bertz CT molecular complexity index is 439. The zero-order valence-electron chi connectivity index (χ0n) is 7.72. The van der Waals surface area contributed by atoms with Crippen molar-refractivity contribution in [2.24, 2.45) is 4.51 Å². The zero-order chi connectivity index (χ0) is 10.5. The molecule has 1 N–H and O–H groups in total. The minimum Gasteiger partial charge on any atom is -0.337 e. The van der Waals surface area contributed by atoms with Gasteiger partial charge in [-0.05, 0) is 12.1 Å². The largest absolute Gasteiger partial charge is 0.337 e. The van der Waals surface area contributed by atoms with E-state index in [1.807, 2.05) is 35.7 Å². The lowest BCUT2D eigenvalue weighted by molar-refractivity contribution is 1.36. The Morgan fingerprint density at radius 2 is 2.13 bits per heavy atom. The summed E-state index contributed by atoms with van der Waals surface area (Å²) in [6, 6.07) is 9.71. The normalized spacial score (nSPS) is 11.4. The first kappa shape index (κ1) is 10.1. The Labute approximate surface area is 96.6 Å². The van der Waals surface area contributed by atoms with Gasteiger partial charge in [0.05, 0.1) is 5.51 Å². The number of nitrogens with one attached hydrogen (secondary N) is 1. The summed E-state index contributed by atoms with van der Waals surface area (Å²) in [5.41, 5.74) is 3.42. The molecule has 0 bridgehead atoms. The summed E-state index contributed by atoms with van der Waals surface area (Å²) in [4.78, 5) is 4.12. The van der Waals surface area contributed by atoms with Gasteiger partial charge in [0.1, 0.15) is 5.69 Å². The van der Waals surface area contributed by atoms with E-state index >= 15 is 0 Å². The van der Waals surface area contributed by atoms with Crippen molar-refractivity contribution in [3.8, 4) is 0 Å². The average Bonchev–Trinajstić information content (AvgIpc) is 2.81. The Morgan fingerprint density at radius 3 is 2.73 bits per heavy atom. The van der Waals surface area contributed by atoms with Crippen LogP contribution in [0.25, 0.3) is 0 Å². The van der Waals surface area contributed by atoms with Crippen LogP contribution in [0.3, 0.4) is 0 Å². The fourth-order valence-electron chi connectivity index (χ4n) is 1.12. The first-order chi connectivity index (χ1) is 7.40. The summed E-state index contributed by atoms with van der Waals surface area (Å²) in [6.45, 7) is 0. The van der Waals surface area contributed by atoms with Crippen LogP contribution in [0.15, 0.2) is 45.7 Å². The van der Waals surface area contributed by atoms with E-state index in [4.69, 9.17) is 11.8 Å². The van der Waals surface area contributed by atoms with Gasteiger partial charge in [-0.15, -0.1) is 11.3 Å². The third kappa shape index (κ3) is 2.55. The summed E-state index contributed by atoms with van der Waals surface area (Å²) in [7, 11) is 0. The van der Waals surface area contributed by atoms with Crippen LogP contribution in [-0.2, 0) is 0 Å². The van der Waals surface area contributed by atoms with E-state index in [-0.39, 0.29) is 0 Å². The van der Waals surface area contributed by atoms with E-state index in [1.54, 1.807) is 5.51 Å². The number of para-hydroxylation sites is 1. The topological polar surface area (TPSA) is 37.3 Å². The molecule has 3 nitrogen and oxygen atoms in total. The molecule has 1 aromatic heterocycles. The van der Waals surface area contributed by atoms with Crippen LogP contribution in [-0.4, -0.2) is 10.8 Å². The number of thiazole rings is 1. The molecule has 76 valence electrons. The third-order valence-electron chi connectivity index (χ3n) is 1.80. The molecule has 1 aromatic carbocycles. The van der Waals surface area contributed by atoms with E-state index < -0.39 is 0 Å². The van der Waals surface area contributed by atoms with Gasteiger partial charge in [0.25, 0.3) is 0 Å². The highest BCUT2D eigenvalue weighted by molar-refractivity contribution is 7.07. The van der Waals surface area contributed by atoms with Crippen molar-refractivity contribution in [3.63, 3.8) is 0 Å². The summed E-state index contributed by atoms with van der Waals surface area (Å²) in [5, 5.41) is 4.98. The first-order valence-corrected chi connectivity index (χ1v) is 5.58.